The average Bonchev–Trinajstić information content (AvgIpc) is 2.73. The molecular weight excluding hydrogens is 256 g/mol. The Morgan fingerprint density at radius 2 is 2.26 bits per heavy atom. The third-order valence-electron chi connectivity index (χ3n) is 2.98. The highest BCUT2D eigenvalue weighted by Crippen LogP contribution is 2.33. The summed E-state index contributed by atoms with van der Waals surface area (Å²) in [5.41, 5.74) is 13.6. The first-order valence-corrected chi connectivity index (χ1v) is 5.59. The van der Waals surface area contributed by atoms with Gasteiger partial charge in [-0.25, -0.2) is 8.78 Å². The van der Waals surface area contributed by atoms with Gasteiger partial charge in [0.1, 0.15) is 5.69 Å². The molecule has 1 aliphatic heterocycles. The molecule has 1 aliphatic rings. The Morgan fingerprint density at radius 3 is 2.95 bits per heavy atom. The van der Waals surface area contributed by atoms with Gasteiger partial charge in [0.05, 0.1) is 5.69 Å². The number of carbonyl (C=O) groups excluding carboxylic acids is 1. The molecule has 0 bridgehead atoms. The van der Waals surface area contributed by atoms with E-state index in [0.717, 1.165) is 11.0 Å². The van der Waals surface area contributed by atoms with E-state index in [4.69, 9.17) is 11.3 Å². The summed E-state index contributed by atoms with van der Waals surface area (Å²) in [4.78, 5) is 15.5. The van der Waals surface area contributed by atoms with E-state index in [2.05, 4.69) is 10.0 Å². The molecule has 2 rings (SSSR count). The largest absolute Gasteiger partial charge is 0.397 e. The number of carbonyl (C=O) groups is 1. The second kappa shape index (κ2) is 5.11. The quantitative estimate of drug-likeness (QED) is 0.393. The van der Waals surface area contributed by atoms with E-state index in [1.54, 1.807) is 0 Å². The number of anilines is 2. The van der Waals surface area contributed by atoms with Crippen LogP contribution in [0.4, 0.5) is 20.2 Å². The Bertz CT molecular complexity index is 570. The molecule has 1 amide bonds. The monoisotopic (exact) mass is 267 g/mol. The minimum atomic E-state index is -1.14. The van der Waals surface area contributed by atoms with Crippen molar-refractivity contribution < 1.29 is 13.6 Å². The highest BCUT2D eigenvalue weighted by Gasteiger charge is 2.33. The molecule has 2 N–H and O–H groups in total. The highest BCUT2D eigenvalue weighted by atomic mass is 19.2. The number of hydrogen-bond acceptors (Lipinski definition) is 3. The van der Waals surface area contributed by atoms with Gasteiger partial charge in [0.25, 0.3) is 0 Å². The Balaban J connectivity index is 2.30. The fraction of sp³-hybridized carbons (Fsp3) is 0.364. The molecule has 1 fully saturated rings. The van der Waals surface area contributed by atoms with Crippen LogP contribution >= 0.6 is 0 Å². The predicted octanol–water partition coefficient (Wildman–Crippen LogP) is 2.21. The van der Waals surface area contributed by atoms with E-state index in [0.29, 0.717) is 0 Å². The Kier molecular flexibility index (Phi) is 3.52. The number of hydrogen-bond donors (Lipinski definition) is 1. The molecule has 0 aromatic heterocycles. The molecule has 0 saturated carbocycles. The van der Waals surface area contributed by atoms with E-state index >= 15 is 0 Å². The number of azide groups is 1. The fourth-order valence-corrected chi connectivity index (χ4v) is 2.10. The summed E-state index contributed by atoms with van der Waals surface area (Å²) in [6.45, 7) is 0.290. The number of rotatable bonds is 3. The van der Waals surface area contributed by atoms with Gasteiger partial charge in [-0.3, -0.25) is 4.79 Å². The summed E-state index contributed by atoms with van der Waals surface area (Å²) in [5.74, 6) is -2.78. The Labute approximate surface area is 107 Å². The second-order valence-electron chi connectivity index (χ2n) is 4.29. The third kappa shape index (κ3) is 2.43. The summed E-state index contributed by atoms with van der Waals surface area (Å²) in [5, 5.41) is 3.38. The maximum absolute atomic E-state index is 13.7. The van der Waals surface area contributed by atoms with E-state index in [-0.39, 0.29) is 42.7 Å². The number of benzene rings is 1. The number of halogens is 2. The van der Waals surface area contributed by atoms with Crippen molar-refractivity contribution in [2.24, 2.45) is 11.0 Å². The lowest BCUT2D eigenvalue weighted by Gasteiger charge is -2.19. The lowest BCUT2D eigenvalue weighted by atomic mass is 10.1. The van der Waals surface area contributed by atoms with E-state index in [9.17, 15) is 13.6 Å². The van der Waals surface area contributed by atoms with Crippen LogP contribution in [-0.4, -0.2) is 19.0 Å². The van der Waals surface area contributed by atoms with Crippen molar-refractivity contribution in [3.8, 4) is 0 Å². The van der Waals surface area contributed by atoms with E-state index in [1.807, 2.05) is 0 Å². The molecular formula is C11H11F2N5O. The summed E-state index contributed by atoms with van der Waals surface area (Å²) in [6.07, 6.45) is 0.119. The van der Waals surface area contributed by atoms with Crippen molar-refractivity contribution in [1.82, 2.24) is 0 Å². The number of nitrogen functional groups attached to an aromatic ring is 1. The van der Waals surface area contributed by atoms with Gasteiger partial charge in [-0.05, 0) is 23.6 Å². The molecule has 1 unspecified atom stereocenters. The number of nitrogens with zero attached hydrogens (tertiary/aromatic N) is 4. The van der Waals surface area contributed by atoms with Crippen molar-refractivity contribution in [2.75, 3.05) is 23.7 Å². The van der Waals surface area contributed by atoms with Gasteiger partial charge in [-0.15, -0.1) is 0 Å². The molecule has 8 heteroatoms. The van der Waals surface area contributed by atoms with Crippen LogP contribution in [0, 0.1) is 17.6 Å². The highest BCUT2D eigenvalue weighted by molar-refractivity contribution is 5.98. The Hall–Kier alpha value is -2.34. The van der Waals surface area contributed by atoms with Crippen LogP contribution in [0.15, 0.2) is 17.2 Å². The summed E-state index contributed by atoms with van der Waals surface area (Å²) < 4.78 is 26.9. The second-order valence-corrected chi connectivity index (χ2v) is 4.29. The summed E-state index contributed by atoms with van der Waals surface area (Å²) in [7, 11) is 0. The Morgan fingerprint density at radius 1 is 1.53 bits per heavy atom. The standard InChI is InChI=1S/C11H11F2N5O/c12-7-1-2-8(14)11(10(7)13)18-5-6(3-9(18)19)4-16-17-15/h1-2,6H,3-5,14H2. The van der Waals surface area contributed by atoms with Crippen LogP contribution < -0.4 is 10.6 Å². The van der Waals surface area contributed by atoms with Gasteiger partial charge in [-0.1, -0.05) is 5.11 Å². The third-order valence-corrected chi connectivity index (χ3v) is 2.98. The topological polar surface area (TPSA) is 95.1 Å². The van der Waals surface area contributed by atoms with Crippen molar-refractivity contribution >= 4 is 17.3 Å². The van der Waals surface area contributed by atoms with Crippen molar-refractivity contribution in [1.29, 1.82) is 0 Å². The van der Waals surface area contributed by atoms with Crippen LogP contribution in [0.2, 0.25) is 0 Å². The van der Waals surface area contributed by atoms with E-state index in [1.165, 1.54) is 6.07 Å². The van der Waals surface area contributed by atoms with E-state index < -0.39 is 11.6 Å². The van der Waals surface area contributed by atoms with Crippen LogP contribution in [-0.2, 0) is 4.79 Å². The minimum absolute atomic E-state index is 0.00307. The zero-order valence-corrected chi connectivity index (χ0v) is 9.88. The molecule has 1 atom stereocenters. The SMILES string of the molecule is [N-]=[N+]=NCC1CC(=O)N(c2c(N)ccc(F)c2F)C1. The fourth-order valence-electron chi connectivity index (χ4n) is 2.10. The molecule has 1 aromatic rings. The van der Waals surface area contributed by atoms with Crippen LogP contribution in [0.25, 0.3) is 10.4 Å². The van der Waals surface area contributed by atoms with Gasteiger partial charge >= 0.3 is 0 Å². The first-order valence-electron chi connectivity index (χ1n) is 5.59. The van der Waals surface area contributed by atoms with Crippen molar-refractivity contribution in [2.45, 2.75) is 6.42 Å². The maximum Gasteiger partial charge on any atom is 0.227 e. The van der Waals surface area contributed by atoms with Gasteiger partial charge < -0.3 is 10.6 Å². The maximum atomic E-state index is 13.7. The molecule has 0 aliphatic carbocycles. The van der Waals surface area contributed by atoms with Gasteiger partial charge in [0.2, 0.25) is 5.91 Å². The first kappa shape index (κ1) is 13.1. The lowest BCUT2D eigenvalue weighted by molar-refractivity contribution is -0.117. The molecule has 0 radical (unpaired) electrons. The molecule has 100 valence electrons. The van der Waals surface area contributed by atoms with Crippen LogP contribution in [0.5, 0.6) is 0 Å². The normalized spacial score (nSPS) is 18.5. The first-order chi connectivity index (χ1) is 9.04. The van der Waals surface area contributed by atoms with Crippen molar-refractivity contribution in [3.05, 3.63) is 34.2 Å². The molecule has 1 aromatic carbocycles. The number of nitrogens with two attached hydrogens (primary N) is 1. The zero-order valence-electron chi connectivity index (χ0n) is 9.88. The lowest BCUT2D eigenvalue weighted by Crippen LogP contribution is -2.27. The van der Waals surface area contributed by atoms with Crippen LogP contribution in [0.3, 0.4) is 0 Å². The van der Waals surface area contributed by atoms with Gasteiger partial charge in [0.15, 0.2) is 11.6 Å². The van der Waals surface area contributed by atoms with Gasteiger partial charge in [0, 0.05) is 24.4 Å². The molecule has 19 heavy (non-hydrogen) atoms. The molecule has 0 spiro atoms. The van der Waals surface area contributed by atoms with Crippen molar-refractivity contribution in [3.63, 3.8) is 0 Å². The van der Waals surface area contributed by atoms with Crippen LogP contribution in [0.1, 0.15) is 6.42 Å². The van der Waals surface area contributed by atoms with Gasteiger partial charge in [-0.2, -0.15) is 0 Å². The molecule has 1 heterocycles. The summed E-state index contributed by atoms with van der Waals surface area (Å²) >= 11 is 0. The molecule has 1 saturated heterocycles. The average molecular weight is 267 g/mol. The predicted molar refractivity (Wildman–Crippen MR) is 65.2 cm³/mol. The smallest absolute Gasteiger partial charge is 0.227 e. The zero-order chi connectivity index (χ0) is 14.0. The minimum Gasteiger partial charge on any atom is -0.397 e. The number of amides is 1. The molecule has 6 nitrogen and oxygen atoms in total. The summed E-state index contributed by atoms with van der Waals surface area (Å²) in [6, 6.07) is 2.12.